The van der Waals surface area contributed by atoms with Gasteiger partial charge in [-0.2, -0.15) is 0 Å². The Hall–Kier alpha value is -3.32. The van der Waals surface area contributed by atoms with Crippen molar-refractivity contribution >= 4 is 5.97 Å². The first kappa shape index (κ1) is 22.5. The van der Waals surface area contributed by atoms with Crippen molar-refractivity contribution in [3.05, 3.63) is 64.3 Å². The van der Waals surface area contributed by atoms with Crippen LogP contribution in [0, 0.1) is 5.41 Å². The highest BCUT2D eigenvalue weighted by Crippen LogP contribution is 2.59. The second-order valence-electron chi connectivity index (χ2n) is 9.87. The molecule has 5 rings (SSSR count). The van der Waals surface area contributed by atoms with Gasteiger partial charge in [-0.1, -0.05) is 13.8 Å². The molecule has 0 spiro atoms. The maximum atomic E-state index is 12.7. The number of hydrogen-bond acceptors (Lipinski definition) is 5. The number of aromatic nitrogens is 1. The molecule has 7 heteroatoms. The molecule has 1 N–H and O–H groups in total. The number of furan rings is 1. The summed E-state index contributed by atoms with van der Waals surface area (Å²) in [5, 5.41) is 9.61. The Morgan fingerprint density at radius 2 is 2.06 bits per heavy atom. The standard InChI is InChI=1S/C27H29NO6/c1-27(2)7-5-17-19-12-24(34-9-4-8-32-3)18(16-6-10-33-15-16)11-20(19)22-13-23(29)21(26(30)31)14-28(22)25(17)27/h6,10-15,17,25H,4-5,7-9H2,1-3H3,(H,30,31)/t17-,25?/m1/s1. The molecule has 0 saturated heterocycles. The van der Waals surface area contributed by atoms with Crippen LogP contribution in [0.2, 0.25) is 0 Å². The first-order chi connectivity index (χ1) is 16.3. The number of fused-ring (bicyclic) bond motifs is 6. The summed E-state index contributed by atoms with van der Waals surface area (Å²) in [6.07, 6.45) is 7.59. The fourth-order valence-corrected chi connectivity index (χ4v) is 5.70. The molecular formula is C27H29NO6. The number of carboxylic acids is 1. The largest absolute Gasteiger partial charge is 0.493 e. The molecule has 1 aliphatic carbocycles. The van der Waals surface area contributed by atoms with Gasteiger partial charge in [0.1, 0.15) is 11.3 Å². The molecule has 3 aromatic rings. The highest BCUT2D eigenvalue weighted by molar-refractivity contribution is 5.88. The number of benzene rings is 1. The number of aromatic carboxylic acids is 1. The van der Waals surface area contributed by atoms with Gasteiger partial charge in [0.25, 0.3) is 0 Å². The molecule has 2 aliphatic rings. The molecule has 34 heavy (non-hydrogen) atoms. The minimum absolute atomic E-state index is 0.0508. The van der Waals surface area contributed by atoms with E-state index >= 15 is 0 Å². The van der Waals surface area contributed by atoms with E-state index in [9.17, 15) is 14.7 Å². The second-order valence-corrected chi connectivity index (χ2v) is 9.87. The van der Waals surface area contributed by atoms with Crippen LogP contribution < -0.4 is 10.2 Å². The predicted molar refractivity (Wildman–Crippen MR) is 128 cm³/mol. The van der Waals surface area contributed by atoms with E-state index in [2.05, 4.69) is 26.0 Å². The highest BCUT2D eigenvalue weighted by atomic mass is 16.5. The third-order valence-electron chi connectivity index (χ3n) is 7.30. The Labute approximate surface area is 197 Å². The molecule has 0 radical (unpaired) electrons. The molecule has 178 valence electrons. The van der Waals surface area contributed by atoms with E-state index in [0.717, 1.165) is 53.0 Å². The van der Waals surface area contributed by atoms with E-state index in [4.69, 9.17) is 13.9 Å². The van der Waals surface area contributed by atoms with Crippen LogP contribution >= 0.6 is 0 Å². The Bertz CT molecular complexity index is 1290. The van der Waals surface area contributed by atoms with E-state index in [0.29, 0.717) is 13.2 Å². The average molecular weight is 464 g/mol. The lowest BCUT2D eigenvalue weighted by molar-refractivity contribution is 0.0693. The van der Waals surface area contributed by atoms with Crippen molar-refractivity contribution in [3.8, 4) is 28.1 Å². The van der Waals surface area contributed by atoms with Crippen molar-refractivity contribution in [3.63, 3.8) is 0 Å². The molecule has 1 aromatic carbocycles. The van der Waals surface area contributed by atoms with Crippen molar-refractivity contribution in [2.75, 3.05) is 20.3 Å². The zero-order valence-electron chi connectivity index (χ0n) is 19.7. The molecule has 0 bridgehead atoms. The quantitative estimate of drug-likeness (QED) is 0.475. The summed E-state index contributed by atoms with van der Waals surface area (Å²) in [5.74, 6) is -0.226. The van der Waals surface area contributed by atoms with Crippen LogP contribution in [0.5, 0.6) is 5.75 Å². The van der Waals surface area contributed by atoms with Gasteiger partial charge in [0.2, 0.25) is 0 Å². The van der Waals surface area contributed by atoms with E-state index in [1.807, 2.05) is 10.6 Å². The van der Waals surface area contributed by atoms with Crippen LogP contribution in [0.1, 0.15) is 61.0 Å². The first-order valence-electron chi connectivity index (χ1n) is 11.6. The fraction of sp³-hybridized carbons (Fsp3) is 0.407. The summed E-state index contributed by atoms with van der Waals surface area (Å²) in [6.45, 7) is 5.57. The summed E-state index contributed by atoms with van der Waals surface area (Å²) in [7, 11) is 1.67. The van der Waals surface area contributed by atoms with Crippen molar-refractivity contribution in [1.29, 1.82) is 0 Å². The Kier molecular flexibility index (Phi) is 5.60. The number of ether oxygens (including phenoxy) is 2. The Balaban J connectivity index is 1.72. The molecule has 3 heterocycles. The lowest BCUT2D eigenvalue weighted by atomic mass is 9.77. The number of hydrogen-bond donors (Lipinski definition) is 1. The zero-order valence-corrected chi connectivity index (χ0v) is 19.7. The van der Waals surface area contributed by atoms with Gasteiger partial charge in [-0.15, -0.1) is 0 Å². The maximum Gasteiger partial charge on any atom is 0.341 e. The fourth-order valence-electron chi connectivity index (χ4n) is 5.70. The minimum atomic E-state index is -1.20. The van der Waals surface area contributed by atoms with Gasteiger partial charge in [-0.25, -0.2) is 4.79 Å². The van der Waals surface area contributed by atoms with Gasteiger partial charge in [-0.05, 0) is 42.0 Å². The van der Waals surface area contributed by atoms with E-state index in [1.165, 1.54) is 6.07 Å². The van der Waals surface area contributed by atoms with Gasteiger partial charge < -0.3 is 23.6 Å². The second kappa shape index (κ2) is 8.47. The Morgan fingerprint density at radius 3 is 2.76 bits per heavy atom. The number of pyridine rings is 1. The van der Waals surface area contributed by atoms with Gasteiger partial charge >= 0.3 is 5.97 Å². The molecule has 1 fully saturated rings. The highest BCUT2D eigenvalue weighted by Gasteiger charge is 2.47. The smallest absolute Gasteiger partial charge is 0.341 e. The number of methoxy groups -OCH3 is 1. The third-order valence-corrected chi connectivity index (χ3v) is 7.30. The number of rotatable bonds is 7. The summed E-state index contributed by atoms with van der Waals surface area (Å²) in [5.41, 5.74) is 3.87. The van der Waals surface area contributed by atoms with Crippen molar-refractivity contribution in [2.45, 2.75) is 45.1 Å². The van der Waals surface area contributed by atoms with Gasteiger partial charge in [-0.3, -0.25) is 4.79 Å². The first-order valence-corrected chi connectivity index (χ1v) is 11.6. The molecule has 1 aliphatic heterocycles. The van der Waals surface area contributed by atoms with Crippen LogP contribution in [0.15, 0.2) is 52.2 Å². The molecule has 0 amide bonds. The number of carboxylic acid groups (broad SMARTS) is 1. The molecule has 2 atom stereocenters. The summed E-state index contributed by atoms with van der Waals surface area (Å²) < 4.78 is 18.8. The summed E-state index contributed by atoms with van der Waals surface area (Å²) in [4.78, 5) is 24.5. The SMILES string of the molecule is COCCCOc1cc2c(cc1-c1ccoc1)-c1cc(=O)c(C(=O)O)cn1C1[C@@H]2CCC1(C)C. The zero-order chi connectivity index (χ0) is 24.0. The van der Waals surface area contributed by atoms with Crippen LogP contribution in [0.3, 0.4) is 0 Å². The number of nitrogens with zero attached hydrogens (tertiary/aromatic N) is 1. The molecule has 2 aromatic heterocycles. The van der Waals surface area contributed by atoms with Crippen LogP contribution in [-0.4, -0.2) is 36.0 Å². The lowest BCUT2D eigenvalue weighted by Crippen LogP contribution is -2.32. The molecule has 7 nitrogen and oxygen atoms in total. The van der Waals surface area contributed by atoms with Crippen molar-refractivity contribution < 1.29 is 23.8 Å². The predicted octanol–water partition coefficient (Wildman–Crippen LogP) is 5.35. The summed E-state index contributed by atoms with van der Waals surface area (Å²) >= 11 is 0. The van der Waals surface area contributed by atoms with E-state index in [1.54, 1.807) is 25.8 Å². The average Bonchev–Trinajstić information content (AvgIpc) is 3.44. The van der Waals surface area contributed by atoms with Crippen LogP contribution in [-0.2, 0) is 4.74 Å². The summed E-state index contributed by atoms with van der Waals surface area (Å²) in [6, 6.07) is 7.58. The lowest BCUT2D eigenvalue weighted by Gasteiger charge is -2.40. The third kappa shape index (κ3) is 3.64. The van der Waals surface area contributed by atoms with Crippen molar-refractivity contribution in [1.82, 2.24) is 4.57 Å². The van der Waals surface area contributed by atoms with E-state index in [-0.39, 0.29) is 22.9 Å². The van der Waals surface area contributed by atoms with Crippen LogP contribution in [0.25, 0.3) is 22.4 Å². The maximum absolute atomic E-state index is 12.7. The normalized spacial score (nSPS) is 19.9. The molecular weight excluding hydrogens is 434 g/mol. The van der Waals surface area contributed by atoms with Crippen LogP contribution in [0.4, 0.5) is 0 Å². The molecule has 1 unspecified atom stereocenters. The van der Waals surface area contributed by atoms with Gasteiger partial charge in [0, 0.05) is 61.1 Å². The van der Waals surface area contributed by atoms with Crippen molar-refractivity contribution in [2.24, 2.45) is 5.41 Å². The topological polar surface area (TPSA) is 90.9 Å². The Morgan fingerprint density at radius 1 is 1.24 bits per heavy atom. The molecule has 1 saturated carbocycles. The van der Waals surface area contributed by atoms with E-state index < -0.39 is 11.4 Å². The monoisotopic (exact) mass is 463 g/mol. The van der Waals surface area contributed by atoms with Gasteiger partial charge in [0.15, 0.2) is 5.43 Å². The minimum Gasteiger partial charge on any atom is -0.493 e. The van der Waals surface area contributed by atoms with Gasteiger partial charge in [0.05, 0.1) is 24.8 Å². The number of carbonyl (C=O) groups is 1.